The SMILES string of the molecule is c1ccc(-c2cccc(N(c3cccc4c3oc3cc(C5(c6ccccc6)c6ccccc6-c6ccccc65)ccc34)c3cccc4c3sc3ccccc34)c2)cc1. The van der Waals surface area contributed by atoms with Crippen molar-refractivity contribution in [2.75, 3.05) is 4.90 Å². The van der Waals surface area contributed by atoms with Gasteiger partial charge in [0.25, 0.3) is 0 Å². The van der Waals surface area contributed by atoms with Crippen molar-refractivity contribution in [2.45, 2.75) is 5.41 Å². The van der Waals surface area contributed by atoms with Crippen LogP contribution < -0.4 is 4.90 Å². The van der Waals surface area contributed by atoms with Crippen molar-refractivity contribution in [1.29, 1.82) is 0 Å². The summed E-state index contributed by atoms with van der Waals surface area (Å²) in [4.78, 5) is 2.41. The number of benzene rings is 9. The number of furan rings is 1. The lowest BCUT2D eigenvalue weighted by Gasteiger charge is -2.33. The molecule has 272 valence electrons. The van der Waals surface area contributed by atoms with Crippen molar-refractivity contribution in [3.63, 3.8) is 0 Å². The molecule has 0 aliphatic heterocycles. The minimum absolute atomic E-state index is 0.509. The summed E-state index contributed by atoms with van der Waals surface area (Å²) < 4.78 is 9.73. The van der Waals surface area contributed by atoms with Crippen LogP contribution in [0.2, 0.25) is 0 Å². The number of fused-ring (bicyclic) bond motifs is 9. The third-order valence-corrected chi connectivity index (χ3v) is 13.4. The van der Waals surface area contributed by atoms with Gasteiger partial charge in [0.2, 0.25) is 0 Å². The average molecular weight is 758 g/mol. The van der Waals surface area contributed by atoms with Crippen LogP contribution in [0.1, 0.15) is 22.3 Å². The second kappa shape index (κ2) is 12.9. The van der Waals surface area contributed by atoms with Crippen LogP contribution in [0, 0.1) is 0 Å². The molecule has 0 amide bonds. The molecule has 3 heteroatoms. The van der Waals surface area contributed by atoms with E-state index in [2.05, 4.69) is 217 Å². The van der Waals surface area contributed by atoms with Crippen LogP contribution in [0.4, 0.5) is 17.1 Å². The Morgan fingerprint density at radius 2 is 1.03 bits per heavy atom. The van der Waals surface area contributed by atoms with Crippen LogP contribution in [-0.4, -0.2) is 0 Å². The molecule has 0 saturated carbocycles. The minimum Gasteiger partial charge on any atom is -0.454 e. The Kier molecular flexibility index (Phi) is 7.35. The fourth-order valence-electron chi connectivity index (χ4n) is 9.68. The Morgan fingerprint density at radius 1 is 0.414 bits per heavy atom. The van der Waals surface area contributed by atoms with Crippen molar-refractivity contribution in [3.05, 3.63) is 235 Å². The highest BCUT2D eigenvalue weighted by atomic mass is 32.1. The minimum atomic E-state index is -0.509. The largest absolute Gasteiger partial charge is 0.454 e. The van der Waals surface area contributed by atoms with E-state index in [1.807, 2.05) is 11.3 Å². The van der Waals surface area contributed by atoms with E-state index in [-0.39, 0.29) is 0 Å². The van der Waals surface area contributed by atoms with Gasteiger partial charge in [0, 0.05) is 31.9 Å². The van der Waals surface area contributed by atoms with Gasteiger partial charge >= 0.3 is 0 Å². The number of hydrogen-bond donors (Lipinski definition) is 0. The van der Waals surface area contributed by atoms with Crippen LogP contribution in [-0.2, 0) is 5.41 Å². The average Bonchev–Trinajstić information content (AvgIpc) is 3.96. The molecule has 0 fully saturated rings. The van der Waals surface area contributed by atoms with Crippen molar-refractivity contribution in [2.24, 2.45) is 0 Å². The first kappa shape index (κ1) is 33.0. The summed E-state index contributed by atoms with van der Waals surface area (Å²) in [6, 6.07) is 77.2. The number of thiophene rings is 1. The Morgan fingerprint density at radius 3 is 1.83 bits per heavy atom. The van der Waals surface area contributed by atoms with Gasteiger partial charge in [-0.25, -0.2) is 0 Å². The van der Waals surface area contributed by atoms with E-state index in [0.29, 0.717) is 0 Å². The Hall–Kier alpha value is -7.20. The molecule has 0 N–H and O–H groups in total. The van der Waals surface area contributed by atoms with Crippen molar-refractivity contribution in [1.82, 2.24) is 0 Å². The lowest BCUT2D eigenvalue weighted by molar-refractivity contribution is 0.666. The van der Waals surface area contributed by atoms with Crippen LogP contribution in [0.3, 0.4) is 0 Å². The summed E-state index contributed by atoms with van der Waals surface area (Å²) in [7, 11) is 0. The number of hydrogen-bond acceptors (Lipinski definition) is 3. The Labute approximate surface area is 340 Å². The zero-order chi connectivity index (χ0) is 38.2. The maximum atomic E-state index is 7.21. The Balaban J connectivity index is 1.11. The van der Waals surface area contributed by atoms with Gasteiger partial charge in [-0.05, 0) is 80.9 Å². The fraction of sp³-hybridized carbons (Fsp3) is 0.0182. The van der Waals surface area contributed by atoms with Gasteiger partial charge in [0.1, 0.15) is 5.58 Å². The van der Waals surface area contributed by atoms with Crippen molar-refractivity contribution >= 4 is 70.5 Å². The molecule has 0 spiro atoms. The Bertz CT molecular complexity index is 3310. The van der Waals surface area contributed by atoms with Crippen LogP contribution in [0.25, 0.3) is 64.4 Å². The standard InChI is InChI=1S/C55H35NOS/c1-3-16-36(17-4-1)37-18-13-21-40(34-37)56(50-30-15-26-46-44-24-9-12-31-52(44)58-54(46)50)49-29-14-25-45-43-33-32-39(35-51(43)57-53(45)49)55(38-19-5-2-6-20-38)47-27-10-7-22-41(47)42-23-8-11-28-48(42)55/h1-35H. The van der Waals surface area contributed by atoms with E-state index >= 15 is 0 Å². The van der Waals surface area contributed by atoms with Gasteiger partial charge in [-0.2, -0.15) is 0 Å². The maximum Gasteiger partial charge on any atom is 0.159 e. The lowest BCUT2D eigenvalue weighted by atomic mass is 9.67. The number of para-hydroxylation sites is 1. The first-order valence-corrected chi connectivity index (χ1v) is 20.7. The van der Waals surface area contributed by atoms with Gasteiger partial charge in [-0.15, -0.1) is 11.3 Å². The summed E-state index contributed by atoms with van der Waals surface area (Å²) in [6.45, 7) is 0. The second-order valence-electron chi connectivity index (χ2n) is 15.2. The third kappa shape index (κ3) is 4.78. The molecular formula is C55H35NOS. The first-order chi connectivity index (χ1) is 28.8. The summed E-state index contributed by atoms with van der Waals surface area (Å²) in [5, 5.41) is 4.72. The molecule has 12 rings (SSSR count). The molecule has 2 nitrogen and oxygen atoms in total. The van der Waals surface area contributed by atoms with Crippen LogP contribution in [0.5, 0.6) is 0 Å². The van der Waals surface area contributed by atoms with Crippen LogP contribution >= 0.6 is 11.3 Å². The molecule has 0 bridgehead atoms. The molecule has 0 saturated heterocycles. The van der Waals surface area contributed by atoms with E-state index in [1.54, 1.807) is 0 Å². The quantitative estimate of drug-likeness (QED) is 0.168. The predicted molar refractivity (Wildman–Crippen MR) is 244 cm³/mol. The number of anilines is 3. The van der Waals surface area contributed by atoms with E-state index in [4.69, 9.17) is 4.42 Å². The normalized spacial score (nSPS) is 13.0. The molecule has 0 radical (unpaired) electrons. The topological polar surface area (TPSA) is 16.4 Å². The van der Waals surface area contributed by atoms with Gasteiger partial charge in [0.05, 0.1) is 21.5 Å². The summed E-state index contributed by atoms with van der Waals surface area (Å²) in [6.07, 6.45) is 0. The van der Waals surface area contributed by atoms with E-state index in [0.717, 1.165) is 44.6 Å². The molecule has 2 heterocycles. The van der Waals surface area contributed by atoms with Gasteiger partial charge in [0.15, 0.2) is 5.58 Å². The van der Waals surface area contributed by atoms with E-state index in [9.17, 15) is 0 Å². The monoisotopic (exact) mass is 757 g/mol. The molecule has 58 heavy (non-hydrogen) atoms. The molecule has 11 aromatic rings. The lowest BCUT2D eigenvalue weighted by Crippen LogP contribution is -2.28. The molecular weight excluding hydrogens is 723 g/mol. The highest BCUT2D eigenvalue weighted by Crippen LogP contribution is 2.57. The zero-order valence-electron chi connectivity index (χ0n) is 31.5. The highest BCUT2D eigenvalue weighted by Gasteiger charge is 2.46. The van der Waals surface area contributed by atoms with Gasteiger partial charge < -0.3 is 9.32 Å². The van der Waals surface area contributed by atoms with E-state index in [1.165, 1.54) is 59.1 Å². The number of nitrogens with zero attached hydrogens (tertiary/aromatic N) is 1. The smallest absolute Gasteiger partial charge is 0.159 e. The van der Waals surface area contributed by atoms with Gasteiger partial charge in [-0.3, -0.25) is 0 Å². The molecule has 1 aliphatic rings. The first-order valence-electron chi connectivity index (χ1n) is 19.8. The van der Waals surface area contributed by atoms with Gasteiger partial charge in [-0.1, -0.05) is 176 Å². The molecule has 1 aliphatic carbocycles. The fourth-order valence-corrected chi connectivity index (χ4v) is 10.9. The van der Waals surface area contributed by atoms with Crippen molar-refractivity contribution < 1.29 is 4.42 Å². The van der Waals surface area contributed by atoms with E-state index < -0.39 is 5.41 Å². The summed E-state index contributed by atoms with van der Waals surface area (Å²) in [5.74, 6) is 0. The number of rotatable bonds is 6. The summed E-state index contributed by atoms with van der Waals surface area (Å²) in [5.41, 5.74) is 14.3. The molecule has 9 aromatic carbocycles. The third-order valence-electron chi connectivity index (χ3n) is 12.1. The highest BCUT2D eigenvalue weighted by molar-refractivity contribution is 7.26. The molecule has 2 aromatic heterocycles. The maximum absolute atomic E-state index is 7.21. The molecule has 0 unspecified atom stereocenters. The molecule has 0 atom stereocenters. The zero-order valence-corrected chi connectivity index (χ0v) is 32.3. The predicted octanol–water partition coefficient (Wildman–Crippen LogP) is 15.5. The van der Waals surface area contributed by atoms with Crippen LogP contribution in [0.15, 0.2) is 217 Å². The summed E-state index contributed by atoms with van der Waals surface area (Å²) >= 11 is 1.85. The second-order valence-corrected chi connectivity index (χ2v) is 16.2. The van der Waals surface area contributed by atoms with Crippen molar-refractivity contribution in [3.8, 4) is 22.3 Å².